The van der Waals surface area contributed by atoms with Crippen LogP contribution in [0.5, 0.6) is 0 Å². The Labute approximate surface area is 149 Å². The molecule has 0 saturated heterocycles. The number of benzene rings is 2. The molecule has 0 spiro atoms. The molecule has 132 valence electrons. The molecule has 0 aliphatic rings. The Morgan fingerprint density at radius 2 is 1.48 bits per heavy atom. The standard InChI is InChI=1S/C21H26N2O2/c1-14(2)17-11-6-7-12-18(17)22-19(24)15-9-8-10-16(13-15)20(25)23-21(3,4)5/h6-14H,1-5H3,(H,22,24)(H,23,25). The average molecular weight is 338 g/mol. The van der Waals surface area contributed by atoms with Gasteiger partial charge in [-0.05, 0) is 56.5 Å². The number of nitrogens with one attached hydrogen (secondary N) is 2. The van der Waals surface area contributed by atoms with Gasteiger partial charge >= 0.3 is 0 Å². The summed E-state index contributed by atoms with van der Waals surface area (Å²) in [5.74, 6) is -0.108. The molecule has 4 heteroatoms. The summed E-state index contributed by atoms with van der Waals surface area (Å²) in [7, 11) is 0. The number of amides is 2. The molecule has 0 radical (unpaired) electrons. The van der Waals surface area contributed by atoms with E-state index in [1.54, 1.807) is 24.3 Å². The second-order valence-corrected chi connectivity index (χ2v) is 7.48. The fourth-order valence-electron chi connectivity index (χ4n) is 2.52. The molecular formula is C21H26N2O2. The van der Waals surface area contributed by atoms with Crippen LogP contribution in [-0.4, -0.2) is 17.4 Å². The lowest BCUT2D eigenvalue weighted by Gasteiger charge is -2.20. The Morgan fingerprint density at radius 1 is 0.880 bits per heavy atom. The topological polar surface area (TPSA) is 58.2 Å². The Hall–Kier alpha value is -2.62. The van der Waals surface area contributed by atoms with E-state index >= 15 is 0 Å². The number of anilines is 1. The van der Waals surface area contributed by atoms with Crippen LogP contribution in [0.3, 0.4) is 0 Å². The minimum atomic E-state index is -0.328. The van der Waals surface area contributed by atoms with Gasteiger partial charge in [-0.2, -0.15) is 0 Å². The van der Waals surface area contributed by atoms with Crippen LogP contribution < -0.4 is 10.6 Å². The first-order chi connectivity index (χ1) is 11.7. The minimum Gasteiger partial charge on any atom is -0.347 e. The summed E-state index contributed by atoms with van der Waals surface area (Å²) >= 11 is 0. The highest BCUT2D eigenvalue weighted by molar-refractivity contribution is 6.06. The van der Waals surface area contributed by atoms with Crippen LogP contribution >= 0.6 is 0 Å². The third-order valence-electron chi connectivity index (χ3n) is 3.71. The molecular weight excluding hydrogens is 312 g/mol. The molecule has 0 saturated carbocycles. The smallest absolute Gasteiger partial charge is 0.255 e. The Balaban J connectivity index is 2.21. The van der Waals surface area contributed by atoms with Gasteiger partial charge in [0.15, 0.2) is 0 Å². The molecule has 2 aromatic rings. The SMILES string of the molecule is CC(C)c1ccccc1NC(=O)c1cccc(C(=O)NC(C)(C)C)c1. The maximum Gasteiger partial charge on any atom is 0.255 e. The van der Waals surface area contributed by atoms with Gasteiger partial charge < -0.3 is 10.6 Å². The second-order valence-electron chi connectivity index (χ2n) is 7.48. The molecule has 0 atom stereocenters. The van der Waals surface area contributed by atoms with Gasteiger partial charge in [0.05, 0.1) is 0 Å². The van der Waals surface area contributed by atoms with Crippen LogP contribution in [0.2, 0.25) is 0 Å². The largest absolute Gasteiger partial charge is 0.347 e. The molecule has 2 N–H and O–H groups in total. The molecule has 0 heterocycles. The van der Waals surface area contributed by atoms with Crippen LogP contribution in [0.25, 0.3) is 0 Å². The monoisotopic (exact) mass is 338 g/mol. The van der Waals surface area contributed by atoms with Crippen LogP contribution in [-0.2, 0) is 0 Å². The van der Waals surface area contributed by atoms with Crippen molar-refractivity contribution in [3.8, 4) is 0 Å². The highest BCUT2D eigenvalue weighted by Gasteiger charge is 2.17. The summed E-state index contributed by atoms with van der Waals surface area (Å²) in [5.41, 5.74) is 2.48. The maximum absolute atomic E-state index is 12.6. The summed E-state index contributed by atoms with van der Waals surface area (Å²) in [6, 6.07) is 14.5. The third-order valence-corrected chi connectivity index (χ3v) is 3.71. The van der Waals surface area contributed by atoms with Gasteiger partial charge in [-0.3, -0.25) is 9.59 Å². The quantitative estimate of drug-likeness (QED) is 0.856. The summed E-state index contributed by atoms with van der Waals surface area (Å²) < 4.78 is 0. The fourth-order valence-corrected chi connectivity index (χ4v) is 2.52. The highest BCUT2D eigenvalue weighted by Crippen LogP contribution is 2.24. The predicted molar refractivity (Wildman–Crippen MR) is 102 cm³/mol. The molecule has 0 unspecified atom stereocenters. The van der Waals surface area contributed by atoms with Crippen molar-refractivity contribution in [2.45, 2.75) is 46.1 Å². The van der Waals surface area contributed by atoms with Gasteiger partial charge in [-0.25, -0.2) is 0 Å². The van der Waals surface area contributed by atoms with Crippen LogP contribution in [0.4, 0.5) is 5.69 Å². The third kappa shape index (κ3) is 5.18. The Kier molecular flexibility index (Phi) is 5.62. The molecule has 0 bridgehead atoms. The molecule has 0 aliphatic heterocycles. The van der Waals surface area contributed by atoms with E-state index in [0.717, 1.165) is 11.3 Å². The summed E-state index contributed by atoms with van der Waals surface area (Å²) in [6.45, 7) is 9.93. The first kappa shape index (κ1) is 18.7. The molecule has 2 amide bonds. The number of carbonyl (C=O) groups is 2. The molecule has 0 aromatic heterocycles. The van der Waals surface area contributed by atoms with Crippen molar-refractivity contribution >= 4 is 17.5 Å². The first-order valence-corrected chi connectivity index (χ1v) is 8.50. The van der Waals surface area contributed by atoms with Crippen molar-refractivity contribution in [2.24, 2.45) is 0 Å². The Morgan fingerprint density at radius 3 is 2.08 bits per heavy atom. The molecule has 2 rings (SSSR count). The number of carbonyl (C=O) groups excluding carboxylic acids is 2. The normalized spacial score (nSPS) is 11.3. The lowest BCUT2D eigenvalue weighted by atomic mass is 10.0. The number of rotatable bonds is 4. The van der Waals surface area contributed by atoms with E-state index in [1.165, 1.54) is 0 Å². The molecule has 25 heavy (non-hydrogen) atoms. The average Bonchev–Trinajstić information content (AvgIpc) is 2.53. The van der Waals surface area contributed by atoms with E-state index in [9.17, 15) is 9.59 Å². The first-order valence-electron chi connectivity index (χ1n) is 8.50. The van der Waals surface area contributed by atoms with Crippen molar-refractivity contribution in [2.75, 3.05) is 5.32 Å². The summed E-state index contributed by atoms with van der Waals surface area (Å²) in [4.78, 5) is 24.9. The van der Waals surface area contributed by atoms with E-state index in [2.05, 4.69) is 24.5 Å². The molecule has 4 nitrogen and oxygen atoms in total. The van der Waals surface area contributed by atoms with Crippen LogP contribution in [0.1, 0.15) is 66.8 Å². The minimum absolute atomic E-state index is 0.190. The van der Waals surface area contributed by atoms with E-state index in [4.69, 9.17) is 0 Å². The summed E-state index contributed by atoms with van der Waals surface area (Å²) in [5, 5.41) is 5.86. The Bertz CT molecular complexity index is 773. The lowest BCUT2D eigenvalue weighted by molar-refractivity contribution is 0.0919. The van der Waals surface area contributed by atoms with E-state index in [1.807, 2.05) is 45.0 Å². The van der Waals surface area contributed by atoms with Crippen molar-refractivity contribution in [3.63, 3.8) is 0 Å². The fraction of sp³-hybridized carbons (Fsp3) is 0.333. The lowest BCUT2D eigenvalue weighted by Crippen LogP contribution is -2.40. The van der Waals surface area contributed by atoms with E-state index < -0.39 is 0 Å². The highest BCUT2D eigenvalue weighted by atomic mass is 16.2. The zero-order valence-corrected chi connectivity index (χ0v) is 15.5. The van der Waals surface area contributed by atoms with E-state index in [0.29, 0.717) is 17.0 Å². The van der Waals surface area contributed by atoms with Gasteiger partial charge in [0.1, 0.15) is 0 Å². The zero-order valence-electron chi connectivity index (χ0n) is 15.5. The maximum atomic E-state index is 12.6. The van der Waals surface area contributed by atoms with Crippen molar-refractivity contribution < 1.29 is 9.59 Å². The number of para-hydroxylation sites is 1. The van der Waals surface area contributed by atoms with Crippen molar-refractivity contribution in [1.29, 1.82) is 0 Å². The molecule has 2 aromatic carbocycles. The van der Waals surface area contributed by atoms with Crippen LogP contribution in [0.15, 0.2) is 48.5 Å². The van der Waals surface area contributed by atoms with Gasteiger partial charge in [0.2, 0.25) is 0 Å². The van der Waals surface area contributed by atoms with Gasteiger partial charge in [-0.15, -0.1) is 0 Å². The molecule has 0 aliphatic carbocycles. The second kappa shape index (κ2) is 7.51. The van der Waals surface area contributed by atoms with Gasteiger partial charge in [0, 0.05) is 22.4 Å². The van der Waals surface area contributed by atoms with Crippen LogP contribution in [0, 0.1) is 0 Å². The van der Waals surface area contributed by atoms with Gasteiger partial charge in [-0.1, -0.05) is 38.1 Å². The zero-order chi connectivity index (χ0) is 18.6. The van der Waals surface area contributed by atoms with Gasteiger partial charge in [0.25, 0.3) is 11.8 Å². The van der Waals surface area contributed by atoms with Crippen molar-refractivity contribution in [1.82, 2.24) is 5.32 Å². The summed E-state index contributed by atoms with van der Waals surface area (Å²) in [6.07, 6.45) is 0. The molecule has 0 fully saturated rings. The number of hydrogen-bond donors (Lipinski definition) is 2. The van der Waals surface area contributed by atoms with Crippen molar-refractivity contribution in [3.05, 3.63) is 65.2 Å². The number of hydrogen-bond acceptors (Lipinski definition) is 2. The van der Waals surface area contributed by atoms with E-state index in [-0.39, 0.29) is 17.4 Å². The predicted octanol–water partition coefficient (Wildman–Crippen LogP) is 4.59.